The summed E-state index contributed by atoms with van der Waals surface area (Å²) in [6.07, 6.45) is 3.31. The highest BCUT2D eigenvalue weighted by Gasteiger charge is 2.28. The molecular weight excluding hydrogens is 294 g/mol. The van der Waals surface area contributed by atoms with Crippen LogP contribution in [0.3, 0.4) is 0 Å². The lowest BCUT2D eigenvalue weighted by atomic mass is 10.2. The van der Waals surface area contributed by atoms with Gasteiger partial charge in [0.2, 0.25) is 0 Å². The summed E-state index contributed by atoms with van der Waals surface area (Å²) in [4.78, 5) is 2.32. The van der Waals surface area contributed by atoms with Crippen LogP contribution in [0.25, 0.3) is 0 Å². The topological polar surface area (TPSA) is 76.3 Å². The monoisotopic (exact) mass is 319 g/mol. The molecule has 0 aliphatic carbocycles. The molecule has 7 heteroatoms. The zero-order chi connectivity index (χ0) is 15.3. The van der Waals surface area contributed by atoms with E-state index in [4.69, 9.17) is 5.73 Å². The van der Waals surface area contributed by atoms with Crippen LogP contribution in [0.5, 0.6) is 0 Å². The molecule has 0 bridgehead atoms. The second-order valence-corrected chi connectivity index (χ2v) is 8.07. The molecule has 116 valence electrons. The zero-order valence-electron chi connectivity index (χ0n) is 12.7. The number of aromatic nitrogens is 1. The lowest BCUT2D eigenvalue weighted by Crippen LogP contribution is -2.32. The summed E-state index contributed by atoms with van der Waals surface area (Å²) in [6.45, 7) is 8.73. The molecule has 0 amide bonds. The van der Waals surface area contributed by atoms with Crippen LogP contribution < -0.4 is 10.6 Å². The number of anilines is 2. The molecule has 1 aromatic heterocycles. The van der Waals surface area contributed by atoms with Gasteiger partial charge in [-0.15, -0.1) is 0 Å². The van der Waals surface area contributed by atoms with E-state index in [-0.39, 0.29) is 22.5 Å². The minimum Gasteiger partial charge on any atom is -0.382 e. The van der Waals surface area contributed by atoms with Crippen molar-refractivity contribution < 1.29 is 8.42 Å². The molecule has 0 unspecified atom stereocenters. The van der Waals surface area contributed by atoms with Crippen molar-refractivity contribution in [2.75, 3.05) is 22.9 Å². The molecule has 0 atom stereocenters. The lowest BCUT2D eigenvalue weighted by Gasteiger charge is -2.28. The fraction of sp³-hybridized carbons (Fsp3) is 0.769. The Kier molecular flexibility index (Phi) is 6.26. The Labute approximate surface area is 126 Å². The molecule has 0 aliphatic heterocycles. The maximum Gasteiger partial charge on any atom is 0.184 e. The molecule has 0 fully saturated rings. The van der Waals surface area contributed by atoms with Crippen molar-refractivity contribution in [3.8, 4) is 0 Å². The minimum absolute atomic E-state index is 0.0451. The van der Waals surface area contributed by atoms with E-state index in [9.17, 15) is 8.42 Å². The van der Waals surface area contributed by atoms with E-state index in [2.05, 4.69) is 30.0 Å². The van der Waals surface area contributed by atoms with Gasteiger partial charge in [0, 0.05) is 12.6 Å². The summed E-state index contributed by atoms with van der Waals surface area (Å²) in [7, 11) is -3.34. The third kappa shape index (κ3) is 3.85. The normalized spacial score (nSPS) is 12.1. The summed E-state index contributed by atoms with van der Waals surface area (Å²) in [6, 6.07) is 0.220. The Bertz CT molecular complexity index is 524. The van der Waals surface area contributed by atoms with Crippen LogP contribution in [0, 0.1) is 0 Å². The van der Waals surface area contributed by atoms with Gasteiger partial charge in [-0.05, 0) is 31.8 Å². The van der Waals surface area contributed by atoms with Crippen LogP contribution in [0.2, 0.25) is 0 Å². The maximum atomic E-state index is 12.2. The Hall–Kier alpha value is -0.820. The number of nitrogens with two attached hydrogens (primary N) is 1. The number of nitrogens with zero attached hydrogens (tertiary/aromatic N) is 2. The molecule has 1 heterocycles. The first-order chi connectivity index (χ1) is 9.35. The molecule has 0 aromatic carbocycles. The molecule has 20 heavy (non-hydrogen) atoms. The van der Waals surface area contributed by atoms with Gasteiger partial charge in [0.1, 0.15) is 9.90 Å². The van der Waals surface area contributed by atoms with Gasteiger partial charge in [-0.3, -0.25) is 0 Å². The Morgan fingerprint density at radius 2 is 1.95 bits per heavy atom. The average molecular weight is 319 g/mol. The number of nitrogen functional groups attached to an aromatic ring is 1. The van der Waals surface area contributed by atoms with Crippen molar-refractivity contribution in [1.82, 2.24) is 4.37 Å². The van der Waals surface area contributed by atoms with E-state index in [1.165, 1.54) is 11.5 Å². The van der Waals surface area contributed by atoms with Gasteiger partial charge >= 0.3 is 0 Å². The van der Waals surface area contributed by atoms with Gasteiger partial charge in [-0.2, -0.15) is 4.37 Å². The van der Waals surface area contributed by atoms with Crippen molar-refractivity contribution in [2.45, 2.75) is 57.9 Å². The molecule has 5 nitrogen and oxygen atoms in total. The molecular formula is C13H25N3O2S2. The maximum absolute atomic E-state index is 12.2. The van der Waals surface area contributed by atoms with Gasteiger partial charge < -0.3 is 10.6 Å². The number of sulfone groups is 1. The van der Waals surface area contributed by atoms with Crippen molar-refractivity contribution in [2.24, 2.45) is 0 Å². The molecule has 1 rings (SSSR count). The van der Waals surface area contributed by atoms with Gasteiger partial charge in [0.25, 0.3) is 0 Å². The summed E-state index contributed by atoms with van der Waals surface area (Å²) in [5.74, 6) is 0.178. The largest absolute Gasteiger partial charge is 0.382 e. The van der Waals surface area contributed by atoms with Crippen LogP contribution in [0.1, 0.15) is 47.0 Å². The number of unbranched alkanes of at least 4 members (excludes halogenated alkanes) is 2. The van der Waals surface area contributed by atoms with Crippen LogP contribution in [0.4, 0.5) is 10.8 Å². The molecule has 0 saturated carbocycles. The lowest BCUT2D eigenvalue weighted by molar-refractivity contribution is 0.594. The van der Waals surface area contributed by atoms with E-state index in [1.54, 1.807) is 6.92 Å². The second-order valence-electron chi connectivity index (χ2n) is 5.10. The smallest absolute Gasteiger partial charge is 0.184 e. The molecule has 0 aliphatic rings. The Morgan fingerprint density at radius 1 is 1.30 bits per heavy atom. The Morgan fingerprint density at radius 3 is 2.45 bits per heavy atom. The van der Waals surface area contributed by atoms with Crippen molar-refractivity contribution in [3.05, 3.63) is 0 Å². The highest BCUT2D eigenvalue weighted by molar-refractivity contribution is 7.91. The van der Waals surface area contributed by atoms with E-state index in [0.717, 1.165) is 25.8 Å². The fourth-order valence-electron chi connectivity index (χ4n) is 2.03. The fourth-order valence-corrected chi connectivity index (χ4v) is 4.49. The highest BCUT2D eigenvalue weighted by Crippen LogP contribution is 2.36. The second kappa shape index (κ2) is 7.26. The van der Waals surface area contributed by atoms with Crippen molar-refractivity contribution >= 4 is 32.2 Å². The van der Waals surface area contributed by atoms with Crippen LogP contribution in [0.15, 0.2) is 4.90 Å². The zero-order valence-corrected chi connectivity index (χ0v) is 14.4. The first kappa shape index (κ1) is 17.2. The van der Waals surface area contributed by atoms with Gasteiger partial charge in [0.15, 0.2) is 15.7 Å². The van der Waals surface area contributed by atoms with Gasteiger partial charge in [0.05, 0.1) is 5.75 Å². The molecule has 2 N–H and O–H groups in total. The van der Waals surface area contributed by atoms with E-state index < -0.39 is 9.84 Å². The number of hydrogen-bond acceptors (Lipinski definition) is 6. The average Bonchev–Trinajstić information content (AvgIpc) is 2.76. The van der Waals surface area contributed by atoms with Gasteiger partial charge in [-0.25, -0.2) is 8.42 Å². The van der Waals surface area contributed by atoms with Crippen LogP contribution in [-0.2, 0) is 9.84 Å². The summed E-state index contributed by atoms with van der Waals surface area (Å²) >= 11 is 1.18. The first-order valence-electron chi connectivity index (χ1n) is 7.09. The number of rotatable bonds is 8. The molecule has 1 aromatic rings. The predicted molar refractivity (Wildman–Crippen MR) is 86.3 cm³/mol. The quantitative estimate of drug-likeness (QED) is 0.746. The Balaban J connectivity index is 3.15. The molecule has 0 spiro atoms. The molecule has 0 radical (unpaired) electrons. The SMILES string of the molecule is CCCCCN(c1snc(N)c1S(=O)(=O)CC)C(C)C. The first-order valence-corrected chi connectivity index (χ1v) is 9.52. The highest BCUT2D eigenvalue weighted by atomic mass is 32.2. The van der Waals surface area contributed by atoms with E-state index in [0.29, 0.717) is 5.00 Å². The summed E-state index contributed by atoms with van der Waals surface area (Å²) in [5, 5.41) is 0.690. The van der Waals surface area contributed by atoms with Crippen LogP contribution in [-0.4, -0.2) is 31.1 Å². The number of hydrogen-bond donors (Lipinski definition) is 1. The standard InChI is InChI=1S/C13H25N3O2S2/c1-5-7-8-9-16(10(3)4)13-11(12(14)15-19-13)20(17,18)6-2/h10H,5-9H2,1-4H3,(H2,14,15). The molecule has 0 saturated heterocycles. The predicted octanol–water partition coefficient (Wildman–Crippen LogP) is 2.92. The summed E-state index contributed by atoms with van der Waals surface area (Å²) in [5.41, 5.74) is 5.79. The minimum atomic E-state index is -3.34. The van der Waals surface area contributed by atoms with Gasteiger partial charge in [-0.1, -0.05) is 26.7 Å². The van der Waals surface area contributed by atoms with E-state index in [1.807, 2.05) is 0 Å². The van der Waals surface area contributed by atoms with Crippen molar-refractivity contribution in [1.29, 1.82) is 0 Å². The van der Waals surface area contributed by atoms with Crippen LogP contribution >= 0.6 is 11.5 Å². The summed E-state index contributed by atoms with van der Waals surface area (Å²) < 4.78 is 28.5. The van der Waals surface area contributed by atoms with E-state index >= 15 is 0 Å². The third-order valence-corrected chi connectivity index (χ3v) is 6.05. The van der Waals surface area contributed by atoms with Crippen molar-refractivity contribution in [3.63, 3.8) is 0 Å². The third-order valence-electron chi connectivity index (χ3n) is 3.24.